The van der Waals surface area contributed by atoms with Gasteiger partial charge in [-0.25, -0.2) is 4.79 Å². The van der Waals surface area contributed by atoms with Gasteiger partial charge >= 0.3 is 5.97 Å². The maximum absolute atomic E-state index is 14.6. The van der Waals surface area contributed by atoms with E-state index in [0.29, 0.717) is 30.0 Å². The van der Waals surface area contributed by atoms with E-state index in [-0.39, 0.29) is 66.9 Å². The Bertz CT molecular complexity index is 1970. The van der Waals surface area contributed by atoms with Crippen LogP contribution in [0.2, 0.25) is 0 Å². The molecule has 1 spiro atoms. The quantitative estimate of drug-likeness (QED) is 0.289. The minimum atomic E-state index is -1.20. The van der Waals surface area contributed by atoms with Gasteiger partial charge in [-0.15, -0.1) is 11.8 Å². The monoisotopic (exact) mass is 701 g/mol. The molecule has 10 rings (SSSR count). The first kappa shape index (κ1) is 32.2. The molecule has 4 bridgehead atoms. The van der Waals surface area contributed by atoms with Crippen molar-refractivity contribution in [3.05, 3.63) is 73.8 Å². The zero-order valence-electron chi connectivity index (χ0n) is 29.0. The number of fused-ring (bicyclic) bond motifs is 9. The molecule has 4 N–H and O–H groups in total. The SMILES string of the molecule is COc1c(C)cc2c(c1O)[C@@H]1[C@@H]3[C@@H]4SC[C@]5(NCCc6cc(O)c(CO)cc65)C(=O)OC[C@@H](c5c6c(c(C)c(C)c54)OCO6)N3C[C@H](C2)N1C. The molecule has 0 radical (unpaired) electrons. The number of hydrogen-bond donors (Lipinski definition) is 4. The van der Waals surface area contributed by atoms with E-state index in [4.69, 9.17) is 18.9 Å². The Morgan fingerprint density at radius 3 is 2.62 bits per heavy atom. The Morgan fingerprint density at radius 1 is 1.04 bits per heavy atom. The highest BCUT2D eigenvalue weighted by atomic mass is 32.2. The topological polar surface area (TPSA) is 133 Å². The largest absolute Gasteiger partial charge is 0.508 e. The van der Waals surface area contributed by atoms with Gasteiger partial charge < -0.3 is 34.3 Å². The lowest BCUT2D eigenvalue weighted by Gasteiger charge is -2.60. The van der Waals surface area contributed by atoms with E-state index in [9.17, 15) is 20.1 Å². The third-order valence-electron chi connectivity index (χ3n) is 12.4. The van der Waals surface area contributed by atoms with Crippen molar-refractivity contribution in [2.75, 3.05) is 46.4 Å². The van der Waals surface area contributed by atoms with Gasteiger partial charge in [0.1, 0.15) is 12.4 Å². The smallest absolute Gasteiger partial charge is 0.331 e. The van der Waals surface area contributed by atoms with Crippen LogP contribution in [0.1, 0.15) is 73.0 Å². The summed E-state index contributed by atoms with van der Waals surface area (Å²) in [4.78, 5) is 19.5. The van der Waals surface area contributed by atoms with Crippen LogP contribution in [0, 0.1) is 20.8 Å². The van der Waals surface area contributed by atoms with Crippen molar-refractivity contribution < 1.29 is 39.1 Å². The molecular formula is C38H43N3O8S. The summed E-state index contributed by atoms with van der Waals surface area (Å²) in [6, 6.07) is 5.18. The van der Waals surface area contributed by atoms with Gasteiger partial charge in [-0.2, -0.15) is 0 Å². The van der Waals surface area contributed by atoms with Gasteiger partial charge in [0.05, 0.1) is 25.8 Å². The number of likely N-dealkylation sites (N-methyl/N-ethyl adjacent to an activating group) is 1. The van der Waals surface area contributed by atoms with Crippen molar-refractivity contribution in [3.63, 3.8) is 0 Å². The fourth-order valence-corrected chi connectivity index (χ4v) is 11.7. The van der Waals surface area contributed by atoms with E-state index in [1.54, 1.807) is 31.0 Å². The van der Waals surface area contributed by atoms with E-state index < -0.39 is 5.54 Å². The number of phenolic OH excluding ortho intramolecular Hbond substituents is 1. The number of benzene rings is 3. The number of phenols is 2. The average molecular weight is 702 g/mol. The molecular weight excluding hydrogens is 658 g/mol. The second kappa shape index (κ2) is 11.4. The maximum Gasteiger partial charge on any atom is 0.331 e. The fraction of sp³-hybridized carbons (Fsp3) is 0.500. The third kappa shape index (κ3) is 4.22. The van der Waals surface area contributed by atoms with E-state index in [1.165, 1.54) is 5.56 Å². The minimum Gasteiger partial charge on any atom is -0.508 e. The Hall–Kier alpha value is -3.68. The zero-order chi connectivity index (χ0) is 34.8. The number of piperazine rings is 1. The van der Waals surface area contributed by atoms with Crippen LogP contribution in [0.3, 0.4) is 0 Å². The predicted octanol–water partition coefficient (Wildman–Crippen LogP) is 3.96. The Labute approximate surface area is 295 Å². The van der Waals surface area contributed by atoms with Crippen LogP contribution in [-0.4, -0.2) is 89.6 Å². The van der Waals surface area contributed by atoms with Crippen LogP contribution < -0.4 is 19.5 Å². The molecule has 6 atom stereocenters. The number of aliphatic hydroxyl groups excluding tert-OH is 1. The molecule has 12 heteroatoms. The van der Waals surface area contributed by atoms with Crippen LogP contribution in [0.25, 0.3) is 0 Å². The van der Waals surface area contributed by atoms with Gasteiger partial charge in [0.15, 0.2) is 28.5 Å². The van der Waals surface area contributed by atoms with Crippen molar-refractivity contribution >= 4 is 17.7 Å². The number of carbonyl (C=O) groups excluding carboxylic acids is 1. The van der Waals surface area contributed by atoms with Crippen molar-refractivity contribution in [1.82, 2.24) is 15.1 Å². The van der Waals surface area contributed by atoms with Gasteiger partial charge in [0, 0.05) is 52.9 Å². The van der Waals surface area contributed by atoms with Crippen LogP contribution in [0.4, 0.5) is 0 Å². The molecule has 7 heterocycles. The fourth-order valence-electron chi connectivity index (χ4n) is 9.90. The summed E-state index contributed by atoms with van der Waals surface area (Å²) >= 11 is 1.72. The molecule has 2 fully saturated rings. The lowest BCUT2D eigenvalue weighted by atomic mass is 9.73. The molecule has 3 aromatic rings. The number of methoxy groups -OCH3 is 1. The number of aryl methyl sites for hydroxylation is 1. The lowest BCUT2D eigenvalue weighted by Crippen LogP contribution is -2.65. The van der Waals surface area contributed by atoms with Crippen molar-refractivity contribution in [2.24, 2.45) is 0 Å². The molecule has 0 saturated carbocycles. The molecule has 0 aromatic heterocycles. The van der Waals surface area contributed by atoms with Crippen LogP contribution in [0.5, 0.6) is 28.7 Å². The van der Waals surface area contributed by atoms with E-state index >= 15 is 0 Å². The maximum atomic E-state index is 14.6. The molecule has 2 saturated heterocycles. The number of thioether (sulfide) groups is 1. The molecule has 3 aromatic carbocycles. The molecule has 7 aliphatic rings. The number of rotatable bonds is 2. The molecule has 264 valence electrons. The van der Waals surface area contributed by atoms with Crippen molar-refractivity contribution in [2.45, 2.75) is 75.2 Å². The summed E-state index contributed by atoms with van der Waals surface area (Å²) in [6.07, 6.45) is 1.41. The Kier molecular flexibility index (Phi) is 7.36. The molecule has 0 unspecified atom stereocenters. The number of ether oxygens (including phenoxy) is 4. The predicted molar refractivity (Wildman–Crippen MR) is 186 cm³/mol. The number of aliphatic hydroxyl groups is 1. The number of aromatic hydroxyl groups is 2. The second-order valence-electron chi connectivity index (χ2n) is 14.7. The number of carbonyl (C=O) groups is 1. The molecule has 11 nitrogen and oxygen atoms in total. The number of hydrogen-bond acceptors (Lipinski definition) is 12. The second-order valence-corrected chi connectivity index (χ2v) is 15.8. The van der Waals surface area contributed by atoms with Gasteiger partial charge in [0.25, 0.3) is 0 Å². The first-order chi connectivity index (χ1) is 24.1. The first-order valence-corrected chi connectivity index (χ1v) is 18.4. The lowest BCUT2D eigenvalue weighted by molar-refractivity contribution is -0.156. The zero-order valence-corrected chi connectivity index (χ0v) is 29.8. The summed E-state index contributed by atoms with van der Waals surface area (Å²) in [5, 5.41) is 36.1. The summed E-state index contributed by atoms with van der Waals surface area (Å²) in [6.45, 7) is 7.39. The van der Waals surface area contributed by atoms with Crippen LogP contribution in [0.15, 0.2) is 18.2 Å². The first-order valence-electron chi connectivity index (χ1n) is 17.4. The summed E-state index contributed by atoms with van der Waals surface area (Å²) < 4.78 is 24.6. The molecule has 0 aliphatic carbocycles. The average Bonchev–Trinajstić information content (AvgIpc) is 3.58. The van der Waals surface area contributed by atoms with Gasteiger partial charge in [-0.1, -0.05) is 6.07 Å². The molecule has 7 aliphatic heterocycles. The van der Waals surface area contributed by atoms with Gasteiger partial charge in [0.2, 0.25) is 6.79 Å². The van der Waals surface area contributed by atoms with Crippen molar-refractivity contribution in [1.29, 1.82) is 0 Å². The van der Waals surface area contributed by atoms with E-state index in [1.807, 2.05) is 6.92 Å². The Balaban J connectivity index is 1.28. The van der Waals surface area contributed by atoms with E-state index in [0.717, 1.165) is 69.0 Å². The standard InChI is InChI=1S/C38H43N3O8S/c1-17-8-21-9-23-12-41-25-14-47-37(45)38(24-10-22(13-42)26(43)11-20(24)6-7-39-38)15-50-36(27-18(2)19(3)34-35(29(25)27)49-16-48-34)31(41)30(40(23)4)28(21)32(44)33(17)46-5/h8,10-11,23,25,30-31,36,39,42-44H,6-7,9,12-16H2,1-5H3/t23-,25-,30+,31+,36+,38+/m0/s1. The molecule has 0 amide bonds. The Morgan fingerprint density at radius 2 is 1.84 bits per heavy atom. The highest BCUT2D eigenvalue weighted by Crippen LogP contribution is 2.62. The minimum absolute atomic E-state index is 0.0243. The van der Waals surface area contributed by atoms with Crippen molar-refractivity contribution in [3.8, 4) is 28.7 Å². The van der Waals surface area contributed by atoms with Crippen LogP contribution >= 0.6 is 11.8 Å². The highest BCUT2D eigenvalue weighted by molar-refractivity contribution is 7.99. The third-order valence-corrected chi connectivity index (χ3v) is 13.9. The van der Waals surface area contributed by atoms with Gasteiger partial charge in [-0.05, 0) is 91.7 Å². The summed E-state index contributed by atoms with van der Waals surface area (Å²) in [5.74, 6) is 2.18. The summed E-state index contributed by atoms with van der Waals surface area (Å²) in [7, 11) is 3.77. The van der Waals surface area contributed by atoms with Crippen LogP contribution in [-0.2, 0) is 34.5 Å². The number of nitrogens with one attached hydrogen (secondary N) is 1. The molecule has 50 heavy (non-hydrogen) atoms. The highest BCUT2D eigenvalue weighted by Gasteiger charge is 2.58. The summed E-state index contributed by atoms with van der Waals surface area (Å²) in [5.41, 5.74) is 8.09. The van der Waals surface area contributed by atoms with Gasteiger partial charge in [-0.3, -0.25) is 15.1 Å². The normalized spacial score (nSPS) is 29.6. The number of esters is 1. The number of nitrogens with zero attached hydrogens (tertiary/aromatic N) is 2. The van der Waals surface area contributed by atoms with E-state index in [2.05, 4.69) is 42.1 Å².